The van der Waals surface area contributed by atoms with Gasteiger partial charge in [0.15, 0.2) is 0 Å². The topological polar surface area (TPSA) is 83.3 Å². The molecule has 2 N–H and O–H groups in total. The highest BCUT2D eigenvalue weighted by Crippen LogP contribution is 2.17. The molecule has 2 atom stereocenters. The number of benzene rings is 1. The molecule has 7 nitrogen and oxygen atoms in total. The Hall–Kier alpha value is -3.03. The van der Waals surface area contributed by atoms with Crippen LogP contribution in [0.3, 0.4) is 0 Å². The lowest BCUT2D eigenvalue weighted by molar-refractivity contribution is -0.124. The Morgan fingerprint density at radius 2 is 1.93 bits per heavy atom. The van der Waals surface area contributed by atoms with Gasteiger partial charge in [0.05, 0.1) is 17.8 Å². The van der Waals surface area contributed by atoms with Crippen molar-refractivity contribution in [1.82, 2.24) is 24.8 Å². The summed E-state index contributed by atoms with van der Waals surface area (Å²) in [6.07, 6.45) is 5.37. The maximum atomic E-state index is 12.6. The monoisotopic (exact) mass is 391 g/mol. The lowest BCUT2D eigenvalue weighted by Crippen LogP contribution is -2.54. The van der Waals surface area contributed by atoms with Gasteiger partial charge < -0.3 is 15.0 Å². The number of carbonyl (C=O) groups is 1. The van der Waals surface area contributed by atoms with Gasteiger partial charge in [-0.3, -0.25) is 14.7 Å². The summed E-state index contributed by atoms with van der Waals surface area (Å²) in [5, 5.41) is 13.5. The minimum atomic E-state index is -0.604. The van der Waals surface area contributed by atoms with Gasteiger partial charge in [-0.15, -0.1) is 0 Å². The second-order valence-electron chi connectivity index (χ2n) is 7.33. The van der Waals surface area contributed by atoms with Crippen molar-refractivity contribution in [2.24, 2.45) is 0 Å². The fourth-order valence-corrected chi connectivity index (χ4v) is 3.72. The molecule has 4 rings (SSSR count). The smallest absolute Gasteiger partial charge is 0.240 e. The van der Waals surface area contributed by atoms with Crippen LogP contribution in [-0.4, -0.2) is 55.7 Å². The average molecular weight is 391 g/mol. The van der Waals surface area contributed by atoms with Crippen LogP contribution in [0.2, 0.25) is 0 Å². The molecule has 0 radical (unpaired) electrons. The lowest BCUT2D eigenvalue weighted by Gasteiger charge is -2.36. The number of imidazole rings is 1. The second-order valence-corrected chi connectivity index (χ2v) is 7.33. The maximum absolute atomic E-state index is 12.6. The van der Waals surface area contributed by atoms with Gasteiger partial charge >= 0.3 is 0 Å². The number of piperidine rings is 1. The molecule has 1 saturated heterocycles. The van der Waals surface area contributed by atoms with Crippen molar-refractivity contribution in [3.8, 4) is 11.4 Å². The molecule has 1 aliphatic rings. The normalized spacial score (nSPS) is 19.8. The molecule has 1 aromatic carbocycles. The molecule has 0 saturated carbocycles. The zero-order chi connectivity index (χ0) is 20.1. The van der Waals surface area contributed by atoms with E-state index < -0.39 is 6.10 Å². The molecule has 7 heteroatoms. The number of likely N-dealkylation sites (tertiary alicyclic amines) is 1. The van der Waals surface area contributed by atoms with Crippen LogP contribution in [0.25, 0.3) is 11.4 Å². The summed E-state index contributed by atoms with van der Waals surface area (Å²) < 4.78 is 1.83. The third kappa shape index (κ3) is 4.88. The summed E-state index contributed by atoms with van der Waals surface area (Å²) in [5.41, 5.74) is 1.95. The van der Waals surface area contributed by atoms with Crippen LogP contribution in [0.5, 0.6) is 0 Å². The highest BCUT2D eigenvalue weighted by atomic mass is 16.3. The first-order chi connectivity index (χ1) is 14.2. The van der Waals surface area contributed by atoms with Crippen molar-refractivity contribution < 1.29 is 9.90 Å². The van der Waals surface area contributed by atoms with Crippen molar-refractivity contribution in [3.63, 3.8) is 0 Å². The van der Waals surface area contributed by atoms with Crippen molar-refractivity contribution in [1.29, 1.82) is 0 Å². The largest absolute Gasteiger partial charge is 0.390 e. The van der Waals surface area contributed by atoms with Crippen LogP contribution in [-0.2, 0) is 17.9 Å². The molecule has 3 heterocycles. The molecule has 1 aliphatic heterocycles. The number of pyridine rings is 1. The summed E-state index contributed by atoms with van der Waals surface area (Å²) in [4.78, 5) is 23.5. The number of rotatable bonds is 6. The van der Waals surface area contributed by atoms with E-state index in [9.17, 15) is 9.90 Å². The predicted octanol–water partition coefficient (Wildman–Crippen LogP) is 1.70. The standard InChI is InChI=1S/C22H25N5O2/c28-20-15-26(14-18-8-4-5-10-23-18)12-9-19(20)25-21(29)16-27-13-11-24-22(27)17-6-2-1-3-7-17/h1-8,10-11,13,19-20,28H,9,12,14-16H2,(H,25,29)/t19-,20-/m1/s1. The van der Waals surface area contributed by atoms with E-state index in [4.69, 9.17) is 0 Å². The molecule has 2 aromatic heterocycles. The van der Waals surface area contributed by atoms with Crippen molar-refractivity contribution >= 4 is 5.91 Å². The van der Waals surface area contributed by atoms with Crippen LogP contribution in [0, 0.1) is 0 Å². The molecule has 3 aromatic rings. The van der Waals surface area contributed by atoms with Crippen LogP contribution < -0.4 is 5.32 Å². The third-order valence-corrected chi connectivity index (χ3v) is 5.19. The van der Waals surface area contributed by atoms with Crippen LogP contribution in [0.15, 0.2) is 67.1 Å². The van der Waals surface area contributed by atoms with Crippen molar-refractivity contribution in [2.45, 2.75) is 31.7 Å². The highest BCUT2D eigenvalue weighted by Gasteiger charge is 2.29. The molecule has 0 aliphatic carbocycles. The summed E-state index contributed by atoms with van der Waals surface area (Å²) >= 11 is 0. The van der Waals surface area contributed by atoms with E-state index in [1.165, 1.54) is 0 Å². The SMILES string of the molecule is O=C(Cn1ccnc1-c1ccccc1)N[C@@H]1CCN(Cc2ccccn2)C[C@H]1O. The quantitative estimate of drug-likeness (QED) is 0.668. The number of amides is 1. The van der Waals surface area contributed by atoms with E-state index in [1.54, 1.807) is 18.6 Å². The van der Waals surface area contributed by atoms with E-state index in [2.05, 4.69) is 20.2 Å². The number of hydrogen-bond acceptors (Lipinski definition) is 5. The maximum Gasteiger partial charge on any atom is 0.240 e. The minimum Gasteiger partial charge on any atom is -0.390 e. The van der Waals surface area contributed by atoms with Crippen LogP contribution >= 0.6 is 0 Å². The molecular formula is C22H25N5O2. The van der Waals surface area contributed by atoms with Gasteiger partial charge in [-0.05, 0) is 18.6 Å². The number of β-amino-alcohol motifs (C(OH)–C–C–N with tert-alkyl or cyclic N) is 1. The van der Waals surface area contributed by atoms with Gasteiger partial charge in [-0.25, -0.2) is 4.98 Å². The Bertz CT molecular complexity index is 929. The van der Waals surface area contributed by atoms with Gasteiger partial charge in [0.25, 0.3) is 0 Å². The molecule has 29 heavy (non-hydrogen) atoms. The van der Waals surface area contributed by atoms with Gasteiger partial charge in [-0.2, -0.15) is 0 Å². The summed E-state index contributed by atoms with van der Waals surface area (Å²) in [7, 11) is 0. The Morgan fingerprint density at radius 3 is 2.69 bits per heavy atom. The predicted molar refractivity (Wildman–Crippen MR) is 110 cm³/mol. The van der Waals surface area contributed by atoms with Gasteiger partial charge in [0.2, 0.25) is 5.91 Å². The molecule has 0 unspecified atom stereocenters. The zero-order valence-electron chi connectivity index (χ0n) is 16.2. The Labute approximate surface area is 170 Å². The Balaban J connectivity index is 1.31. The van der Waals surface area contributed by atoms with E-state index in [-0.39, 0.29) is 18.5 Å². The van der Waals surface area contributed by atoms with E-state index in [1.807, 2.05) is 53.1 Å². The number of aliphatic hydroxyl groups excluding tert-OH is 1. The molecule has 150 valence electrons. The highest BCUT2D eigenvalue weighted by molar-refractivity contribution is 5.77. The minimum absolute atomic E-state index is 0.123. The van der Waals surface area contributed by atoms with Crippen molar-refractivity contribution in [3.05, 3.63) is 72.8 Å². The summed E-state index contributed by atoms with van der Waals surface area (Å²) in [6, 6.07) is 15.4. The van der Waals surface area contributed by atoms with Crippen LogP contribution in [0.1, 0.15) is 12.1 Å². The second kappa shape index (κ2) is 8.98. The molecular weight excluding hydrogens is 366 g/mol. The van der Waals surface area contributed by atoms with Crippen LogP contribution in [0.4, 0.5) is 0 Å². The number of carbonyl (C=O) groups excluding carboxylic acids is 1. The average Bonchev–Trinajstić information content (AvgIpc) is 3.19. The van der Waals surface area contributed by atoms with E-state index in [0.717, 1.165) is 23.6 Å². The zero-order valence-corrected chi connectivity index (χ0v) is 16.2. The van der Waals surface area contributed by atoms with E-state index in [0.29, 0.717) is 19.5 Å². The third-order valence-electron chi connectivity index (χ3n) is 5.19. The number of hydrogen-bond donors (Lipinski definition) is 2. The summed E-state index contributed by atoms with van der Waals surface area (Å²) in [5.74, 6) is 0.633. The van der Waals surface area contributed by atoms with Gasteiger partial charge in [0, 0.05) is 43.8 Å². The lowest BCUT2D eigenvalue weighted by atomic mass is 10.0. The number of nitrogens with one attached hydrogen (secondary N) is 1. The molecule has 1 amide bonds. The van der Waals surface area contributed by atoms with Gasteiger partial charge in [0.1, 0.15) is 12.4 Å². The fourth-order valence-electron chi connectivity index (χ4n) is 3.72. The summed E-state index contributed by atoms with van der Waals surface area (Å²) in [6.45, 7) is 2.19. The van der Waals surface area contributed by atoms with Crippen molar-refractivity contribution in [2.75, 3.05) is 13.1 Å². The number of nitrogens with zero attached hydrogens (tertiary/aromatic N) is 4. The first-order valence-electron chi connectivity index (χ1n) is 9.85. The van der Waals surface area contributed by atoms with Gasteiger partial charge in [-0.1, -0.05) is 36.4 Å². The number of aliphatic hydroxyl groups is 1. The molecule has 1 fully saturated rings. The molecule has 0 spiro atoms. The molecule has 0 bridgehead atoms. The Morgan fingerprint density at radius 1 is 1.10 bits per heavy atom. The number of aromatic nitrogens is 3. The Kier molecular flexibility index (Phi) is 5.97. The first kappa shape index (κ1) is 19.3. The first-order valence-corrected chi connectivity index (χ1v) is 9.85. The fraction of sp³-hybridized carbons (Fsp3) is 0.318. The van der Waals surface area contributed by atoms with E-state index >= 15 is 0 Å².